The Labute approximate surface area is 128 Å². The number of carbonyl (C=O) groups is 1. The van der Waals surface area contributed by atoms with E-state index < -0.39 is 0 Å². The van der Waals surface area contributed by atoms with Crippen molar-refractivity contribution in [2.75, 3.05) is 11.4 Å². The van der Waals surface area contributed by atoms with Gasteiger partial charge >= 0.3 is 0 Å². The van der Waals surface area contributed by atoms with Gasteiger partial charge in [-0.05, 0) is 48.2 Å². The second kappa shape index (κ2) is 4.98. The number of carbonyl (C=O) groups excluding carboxylic acids is 1. The number of aromatic nitrogens is 2. The van der Waals surface area contributed by atoms with Gasteiger partial charge in [0.15, 0.2) is 0 Å². The van der Waals surface area contributed by atoms with Crippen LogP contribution >= 0.6 is 0 Å². The highest BCUT2D eigenvalue weighted by atomic mass is 16.2. The Morgan fingerprint density at radius 2 is 1.95 bits per heavy atom. The van der Waals surface area contributed by atoms with Crippen molar-refractivity contribution >= 4 is 22.5 Å². The number of amides is 1. The molecule has 1 saturated heterocycles. The number of hydrogen-bond acceptors (Lipinski definition) is 2. The summed E-state index contributed by atoms with van der Waals surface area (Å²) in [7, 11) is 0. The summed E-state index contributed by atoms with van der Waals surface area (Å²) in [5.74, 6) is 0.223. The lowest BCUT2D eigenvalue weighted by Crippen LogP contribution is -2.23. The van der Waals surface area contributed by atoms with Crippen molar-refractivity contribution in [3.05, 3.63) is 48.2 Å². The summed E-state index contributed by atoms with van der Waals surface area (Å²) in [5, 5.41) is 8.29. The third-order valence-corrected chi connectivity index (χ3v) is 4.37. The zero-order valence-electron chi connectivity index (χ0n) is 12.5. The molecule has 0 saturated carbocycles. The Kier molecular flexibility index (Phi) is 2.96. The van der Waals surface area contributed by atoms with Gasteiger partial charge in [0.2, 0.25) is 5.91 Å². The minimum atomic E-state index is 0.223. The third-order valence-electron chi connectivity index (χ3n) is 4.37. The van der Waals surface area contributed by atoms with Gasteiger partial charge in [-0.3, -0.25) is 9.89 Å². The van der Waals surface area contributed by atoms with Crippen LogP contribution < -0.4 is 4.90 Å². The fourth-order valence-electron chi connectivity index (χ4n) is 3.24. The quantitative estimate of drug-likeness (QED) is 0.783. The molecule has 4 nitrogen and oxygen atoms in total. The van der Waals surface area contributed by atoms with Crippen molar-refractivity contribution in [2.24, 2.45) is 0 Å². The maximum Gasteiger partial charge on any atom is 0.227 e. The minimum absolute atomic E-state index is 0.223. The SMILES string of the molecule is Cc1ccc2[nH]ncc2c1-c1ccc(N2CCCC2=O)cc1. The average Bonchev–Trinajstić information content (AvgIpc) is 3.16. The summed E-state index contributed by atoms with van der Waals surface area (Å²) < 4.78 is 0. The van der Waals surface area contributed by atoms with Crippen molar-refractivity contribution in [3.63, 3.8) is 0 Å². The van der Waals surface area contributed by atoms with Gasteiger partial charge in [-0.1, -0.05) is 18.2 Å². The predicted octanol–water partition coefficient (Wildman–Crippen LogP) is 3.67. The zero-order valence-corrected chi connectivity index (χ0v) is 12.5. The van der Waals surface area contributed by atoms with Gasteiger partial charge < -0.3 is 4.90 Å². The van der Waals surface area contributed by atoms with Gasteiger partial charge in [0.25, 0.3) is 0 Å². The number of hydrogen-bond donors (Lipinski definition) is 1. The van der Waals surface area contributed by atoms with Crippen molar-refractivity contribution in [1.29, 1.82) is 0 Å². The largest absolute Gasteiger partial charge is 0.312 e. The molecule has 1 aliphatic rings. The second-order valence-corrected chi connectivity index (χ2v) is 5.78. The summed E-state index contributed by atoms with van der Waals surface area (Å²) in [4.78, 5) is 13.7. The number of nitrogens with zero attached hydrogens (tertiary/aromatic N) is 2. The first-order valence-electron chi connectivity index (χ1n) is 7.57. The molecule has 4 heteroatoms. The first-order chi connectivity index (χ1) is 10.7. The lowest BCUT2D eigenvalue weighted by molar-refractivity contribution is -0.117. The van der Waals surface area contributed by atoms with E-state index in [0.29, 0.717) is 6.42 Å². The number of aromatic amines is 1. The van der Waals surface area contributed by atoms with Crippen LogP contribution in [0.1, 0.15) is 18.4 Å². The van der Waals surface area contributed by atoms with Crippen LogP contribution in [0, 0.1) is 6.92 Å². The van der Waals surface area contributed by atoms with Crippen molar-refractivity contribution in [1.82, 2.24) is 10.2 Å². The minimum Gasteiger partial charge on any atom is -0.312 e. The number of rotatable bonds is 2. The van der Waals surface area contributed by atoms with E-state index in [9.17, 15) is 4.79 Å². The van der Waals surface area contributed by atoms with Crippen LogP contribution in [-0.2, 0) is 4.79 Å². The molecular formula is C18H17N3O. The monoisotopic (exact) mass is 291 g/mol. The van der Waals surface area contributed by atoms with E-state index in [0.717, 1.165) is 35.1 Å². The molecule has 110 valence electrons. The average molecular weight is 291 g/mol. The van der Waals surface area contributed by atoms with Crippen LogP contribution in [0.3, 0.4) is 0 Å². The Hall–Kier alpha value is -2.62. The lowest BCUT2D eigenvalue weighted by atomic mass is 9.97. The molecule has 1 fully saturated rings. The summed E-state index contributed by atoms with van der Waals surface area (Å²) in [5.41, 5.74) is 5.60. The van der Waals surface area contributed by atoms with Gasteiger partial charge in [-0.2, -0.15) is 5.10 Å². The molecule has 1 amide bonds. The van der Waals surface area contributed by atoms with Gasteiger partial charge in [-0.15, -0.1) is 0 Å². The van der Waals surface area contributed by atoms with Crippen LogP contribution in [0.4, 0.5) is 5.69 Å². The topological polar surface area (TPSA) is 49.0 Å². The summed E-state index contributed by atoms with van der Waals surface area (Å²) in [6, 6.07) is 12.4. The molecule has 3 aromatic rings. The molecule has 0 spiro atoms. The van der Waals surface area contributed by atoms with E-state index >= 15 is 0 Å². The standard InChI is InChI=1S/C18H17N3O/c1-12-4-9-16-15(11-19-20-16)18(12)13-5-7-14(8-6-13)21-10-2-3-17(21)22/h4-9,11H,2-3,10H2,1H3,(H,19,20). The van der Waals surface area contributed by atoms with Crippen LogP contribution in [-0.4, -0.2) is 22.6 Å². The molecule has 2 heterocycles. The number of anilines is 1. The highest BCUT2D eigenvalue weighted by Gasteiger charge is 2.21. The third kappa shape index (κ3) is 1.99. The van der Waals surface area contributed by atoms with E-state index in [1.807, 2.05) is 23.2 Å². The molecule has 2 aromatic carbocycles. The number of H-pyrrole nitrogens is 1. The van der Waals surface area contributed by atoms with E-state index in [4.69, 9.17) is 0 Å². The smallest absolute Gasteiger partial charge is 0.227 e. The van der Waals surface area contributed by atoms with Crippen molar-refractivity contribution < 1.29 is 4.79 Å². The second-order valence-electron chi connectivity index (χ2n) is 5.78. The lowest BCUT2D eigenvalue weighted by Gasteiger charge is -2.16. The Morgan fingerprint density at radius 1 is 1.14 bits per heavy atom. The molecule has 4 rings (SSSR count). The van der Waals surface area contributed by atoms with Gasteiger partial charge in [0, 0.05) is 24.0 Å². The van der Waals surface area contributed by atoms with E-state index in [1.165, 1.54) is 11.1 Å². The molecular weight excluding hydrogens is 274 g/mol. The van der Waals surface area contributed by atoms with Crippen LogP contribution in [0.25, 0.3) is 22.0 Å². The number of benzene rings is 2. The van der Waals surface area contributed by atoms with E-state index in [2.05, 4.69) is 41.4 Å². The summed E-state index contributed by atoms with van der Waals surface area (Å²) >= 11 is 0. The van der Waals surface area contributed by atoms with Crippen molar-refractivity contribution in [3.8, 4) is 11.1 Å². The maximum atomic E-state index is 11.8. The molecule has 1 aromatic heterocycles. The Morgan fingerprint density at radius 3 is 2.68 bits per heavy atom. The number of nitrogens with one attached hydrogen (secondary N) is 1. The number of fused-ring (bicyclic) bond motifs is 1. The van der Waals surface area contributed by atoms with Crippen LogP contribution in [0.2, 0.25) is 0 Å². The Bertz CT molecular complexity index is 848. The molecule has 0 aliphatic carbocycles. The molecule has 0 unspecified atom stereocenters. The first-order valence-corrected chi connectivity index (χ1v) is 7.57. The molecule has 1 N–H and O–H groups in total. The Balaban J connectivity index is 1.78. The van der Waals surface area contributed by atoms with Gasteiger partial charge in [0.1, 0.15) is 0 Å². The molecule has 22 heavy (non-hydrogen) atoms. The molecule has 0 radical (unpaired) electrons. The van der Waals surface area contributed by atoms with Crippen LogP contribution in [0.15, 0.2) is 42.6 Å². The van der Waals surface area contributed by atoms with Gasteiger partial charge in [-0.25, -0.2) is 0 Å². The highest BCUT2D eigenvalue weighted by molar-refractivity contribution is 5.98. The molecule has 0 bridgehead atoms. The predicted molar refractivity (Wildman–Crippen MR) is 87.9 cm³/mol. The molecule has 1 aliphatic heterocycles. The first kappa shape index (κ1) is 13.1. The zero-order chi connectivity index (χ0) is 15.1. The van der Waals surface area contributed by atoms with Crippen LogP contribution in [0.5, 0.6) is 0 Å². The normalized spacial score (nSPS) is 15.0. The van der Waals surface area contributed by atoms with Crippen molar-refractivity contribution in [2.45, 2.75) is 19.8 Å². The van der Waals surface area contributed by atoms with E-state index in [1.54, 1.807) is 0 Å². The van der Waals surface area contributed by atoms with E-state index in [-0.39, 0.29) is 5.91 Å². The highest BCUT2D eigenvalue weighted by Crippen LogP contribution is 2.32. The maximum absolute atomic E-state index is 11.8. The summed E-state index contributed by atoms with van der Waals surface area (Å²) in [6.07, 6.45) is 3.48. The summed E-state index contributed by atoms with van der Waals surface area (Å²) in [6.45, 7) is 2.94. The fourth-order valence-corrected chi connectivity index (χ4v) is 3.24. The molecule has 0 atom stereocenters. The van der Waals surface area contributed by atoms with Gasteiger partial charge in [0.05, 0.1) is 11.7 Å². The fraction of sp³-hybridized carbons (Fsp3) is 0.222. The number of aryl methyl sites for hydroxylation is 1.